The summed E-state index contributed by atoms with van der Waals surface area (Å²) in [5, 5.41) is 0. The van der Waals surface area contributed by atoms with Crippen molar-refractivity contribution in [1.29, 1.82) is 0 Å². The molecule has 1 aromatic rings. The third-order valence-corrected chi connectivity index (χ3v) is 3.67. The number of Topliss-reactive ketones (excluding diaryl/α,β-unsaturated/α-hetero) is 1. The summed E-state index contributed by atoms with van der Waals surface area (Å²) >= 11 is 0. The highest BCUT2D eigenvalue weighted by atomic mass is 16.3. The molecular formula is C19H26O3. The molecule has 0 radical (unpaired) electrons. The van der Waals surface area contributed by atoms with Crippen LogP contribution < -0.4 is 0 Å². The Bertz CT molecular complexity index is 600. The highest BCUT2D eigenvalue weighted by molar-refractivity contribution is 5.96. The van der Waals surface area contributed by atoms with Gasteiger partial charge in [0, 0.05) is 0 Å². The SMILES string of the molecule is CCCCC/C(=C(C)\C=C\C(C)=O)c1cc(C(C)=O)c(C)o1. The van der Waals surface area contributed by atoms with E-state index in [1.807, 2.05) is 26.0 Å². The zero-order valence-electron chi connectivity index (χ0n) is 14.3. The normalized spacial score (nSPS) is 12.6. The van der Waals surface area contributed by atoms with Gasteiger partial charge in [0.15, 0.2) is 11.6 Å². The van der Waals surface area contributed by atoms with E-state index in [0.717, 1.165) is 42.6 Å². The molecule has 120 valence electrons. The van der Waals surface area contributed by atoms with E-state index in [0.29, 0.717) is 11.3 Å². The maximum atomic E-state index is 11.6. The van der Waals surface area contributed by atoms with E-state index in [4.69, 9.17) is 4.42 Å². The van der Waals surface area contributed by atoms with Gasteiger partial charge < -0.3 is 4.42 Å². The van der Waals surface area contributed by atoms with Gasteiger partial charge in [0.05, 0.1) is 5.56 Å². The number of ketones is 2. The number of rotatable bonds is 8. The highest BCUT2D eigenvalue weighted by Gasteiger charge is 2.15. The van der Waals surface area contributed by atoms with Crippen molar-refractivity contribution < 1.29 is 14.0 Å². The van der Waals surface area contributed by atoms with Gasteiger partial charge in [-0.1, -0.05) is 25.8 Å². The Morgan fingerprint density at radius 1 is 1.14 bits per heavy atom. The summed E-state index contributed by atoms with van der Waals surface area (Å²) in [5.74, 6) is 1.42. The second kappa shape index (κ2) is 8.52. The van der Waals surface area contributed by atoms with Crippen LogP contribution in [0.4, 0.5) is 0 Å². The van der Waals surface area contributed by atoms with E-state index >= 15 is 0 Å². The number of allylic oxidation sites excluding steroid dienone is 4. The molecule has 22 heavy (non-hydrogen) atoms. The Hall–Kier alpha value is -1.90. The summed E-state index contributed by atoms with van der Waals surface area (Å²) in [7, 11) is 0. The standard InChI is InChI=1S/C19H26O3/c1-6-7-8-9-17(13(2)10-11-14(3)20)19-12-18(15(4)21)16(5)22-19/h10-12H,6-9H2,1-5H3/b11-10+,17-13+. The number of furan rings is 1. The Kier molecular flexibility index (Phi) is 7.03. The molecule has 0 atom stereocenters. The van der Waals surface area contributed by atoms with Crippen LogP contribution in [0.3, 0.4) is 0 Å². The maximum Gasteiger partial charge on any atom is 0.163 e. The second-order valence-corrected chi connectivity index (χ2v) is 5.70. The lowest BCUT2D eigenvalue weighted by atomic mass is 9.99. The molecule has 0 aliphatic rings. The lowest BCUT2D eigenvalue weighted by Gasteiger charge is -2.07. The Morgan fingerprint density at radius 2 is 1.82 bits per heavy atom. The van der Waals surface area contributed by atoms with Gasteiger partial charge in [-0.25, -0.2) is 0 Å². The zero-order valence-corrected chi connectivity index (χ0v) is 14.3. The fourth-order valence-electron chi connectivity index (χ4n) is 2.39. The predicted molar refractivity (Wildman–Crippen MR) is 90.0 cm³/mol. The molecule has 0 fully saturated rings. The molecule has 0 saturated heterocycles. The lowest BCUT2D eigenvalue weighted by molar-refractivity contribution is -0.112. The van der Waals surface area contributed by atoms with Gasteiger partial charge in [0.1, 0.15) is 11.5 Å². The molecule has 3 nitrogen and oxygen atoms in total. The molecule has 0 saturated carbocycles. The maximum absolute atomic E-state index is 11.6. The van der Waals surface area contributed by atoms with Crippen LogP contribution in [-0.2, 0) is 4.79 Å². The minimum Gasteiger partial charge on any atom is -0.461 e. The highest BCUT2D eigenvalue weighted by Crippen LogP contribution is 2.29. The van der Waals surface area contributed by atoms with Crippen molar-refractivity contribution in [2.45, 2.75) is 60.3 Å². The zero-order chi connectivity index (χ0) is 16.7. The van der Waals surface area contributed by atoms with E-state index in [1.165, 1.54) is 6.92 Å². The number of hydrogen-bond donors (Lipinski definition) is 0. The smallest absolute Gasteiger partial charge is 0.163 e. The van der Waals surface area contributed by atoms with Crippen LogP contribution in [0.15, 0.2) is 28.2 Å². The molecule has 0 unspecified atom stereocenters. The average molecular weight is 302 g/mol. The van der Waals surface area contributed by atoms with Crippen molar-refractivity contribution in [2.24, 2.45) is 0 Å². The number of carbonyl (C=O) groups excluding carboxylic acids is 2. The van der Waals surface area contributed by atoms with Gasteiger partial charge in [-0.3, -0.25) is 9.59 Å². The molecule has 1 heterocycles. The van der Waals surface area contributed by atoms with Crippen LogP contribution in [0.2, 0.25) is 0 Å². The van der Waals surface area contributed by atoms with Crippen LogP contribution in [0.25, 0.3) is 5.57 Å². The van der Waals surface area contributed by atoms with Crippen LogP contribution in [0.5, 0.6) is 0 Å². The van der Waals surface area contributed by atoms with Crippen LogP contribution in [-0.4, -0.2) is 11.6 Å². The Labute approximate surface area is 133 Å². The molecule has 1 rings (SSSR count). The Morgan fingerprint density at radius 3 is 2.32 bits per heavy atom. The molecule has 0 amide bonds. The van der Waals surface area contributed by atoms with Gasteiger partial charge in [0.2, 0.25) is 0 Å². The first-order valence-electron chi connectivity index (χ1n) is 7.87. The first kappa shape index (κ1) is 18.1. The molecular weight excluding hydrogens is 276 g/mol. The van der Waals surface area contributed by atoms with Crippen LogP contribution in [0, 0.1) is 6.92 Å². The molecule has 0 aliphatic heterocycles. The van der Waals surface area contributed by atoms with Crippen LogP contribution >= 0.6 is 0 Å². The summed E-state index contributed by atoms with van der Waals surface area (Å²) < 4.78 is 5.80. The second-order valence-electron chi connectivity index (χ2n) is 5.70. The number of hydrogen-bond acceptors (Lipinski definition) is 3. The molecule has 0 spiro atoms. The van der Waals surface area contributed by atoms with E-state index in [9.17, 15) is 9.59 Å². The summed E-state index contributed by atoms with van der Waals surface area (Å²) in [6.07, 6.45) is 7.63. The lowest BCUT2D eigenvalue weighted by Crippen LogP contribution is -1.91. The van der Waals surface area contributed by atoms with E-state index in [1.54, 1.807) is 13.0 Å². The number of unbranched alkanes of at least 4 members (excludes halogenated alkanes) is 2. The molecule has 0 aliphatic carbocycles. The summed E-state index contributed by atoms with van der Waals surface area (Å²) in [6.45, 7) is 9.03. The third-order valence-electron chi connectivity index (χ3n) is 3.67. The fourth-order valence-corrected chi connectivity index (χ4v) is 2.39. The van der Waals surface area contributed by atoms with Crippen molar-refractivity contribution in [3.05, 3.63) is 40.9 Å². The number of carbonyl (C=O) groups is 2. The van der Waals surface area contributed by atoms with Gasteiger partial charge in [-0.05, 0) is 63.8 Å². The quantitative estimate of drug-likeness (QED) is 0.284. The van der Waals surface area contributed by atoms with E-state index < -0.39 is 0 Å². The van der Waals surface area contributed by atoms with Gasteiger partial charge in [-0.2, -0.15) is 0 Å². The van der Waals surface area contributed by atoms with Crippen molar-refractivity contribution in [3.63, 3.8) is 0 Å². The molecule has 3 heteroatoms. The molecule has 0 bridgehead atoms. The first-order chi connectivity index (χ1) is 10.4. The summed E-state index contributed by atoms with van der Waals surface area (Å²) in [6, 6.07) is 1.82. The largest absolute Gasteiger partial charge is 0.461 e. The van der Waals surface area contributed by atoms with Crippen molar-refractivity contribution >= 4 is 17.1 Å². The van der Waals surface area contributed by atoms with Crippen molar-refractivity contribution in [1.82, 2.24) is 0 Å². The van der Waals surface area contributed by atoms with E-state index in [-0.39, 0.29) is 11.6 Å². The number of aryl methyl sites for hydroxylation is 1. The van der Waals surface area contributed by atoms with Gasteiger partial charge >= 0.3 is 0 Å². The minimum absolute atomic E-state index is 0.0114. The van der Waals surface area contributed by atoms with Crippen LogP contribution in [0.1, 0.15) is 75.3 Å². The minimum atomic E-state index is 0.0114. The predicted octanol–water partition coefficient (Wildman–Crippen LogP) is 5.29. The summed E-state index contributed by atoms with van der Waals surface area (Å²) in [5.41, 5.74) is 2.71. The molecule has 0 N–H and O–H groups in total. The van der Waals surface area contributed by atoms with Gasteiger partial charge in [-0.15, -0.1) is 0 Å². The average Bonchev–Trinajstić information content (AvgIpc) is 2.83. The molecule has 1 aromatic heterocycles. The Balaban J connectivity index is 3.19. The van der Waals surface area contributed by atoms with Crippen molar-refractivity contribution in [3.8, 4) is 0 Å². The molecule has 0 aromatic carbocycles. The third kappa shape index (κ3) is 5.14. The topological polar surface area (TPSA) is 47.3 Å². The van der Waals surface area contributed by atoms with Crippen molar-refractivity contribution in [2.75, 3.05) is 0 Å². The fraction of sp³-hybridized carbons (Fsp3) is 0.474. The first-order valence-corrected chi connectivity index (χ1v) is 7.87. The van der Waals surface area contributed by atoms with Gasteiger partial charge in [0.25, 0.3) is 0 Å². The van der Waals surface area contributed by atoms with E-state index in [2.05, 4.69) is 6.92 Å². The summed E-state index contributed by atoms with van der Waals surface area (Å²) in [4.78, 5) is 22.8. The monoisotopic (exact) mass is 302 g/mol.